The van der Waals surface area contributed by atoms with Crippen LogP contribution in [-0.2, 0) is 10.0 Å². The third-order valence-electron chi connectivity index (χ3n) is 2.62. The molecule has 0 spiro atoms. The van der Waals surface area contributed by atoms with Gasteiger partial charge >= 0.3 is 0 Å². The molecule has 0 radical (unpaired) electrons. The average molecular weight is 276 g/mol. The van der Waals surface area contributed by atoms with Gasteiger partial charge in [0, 0.05) is 11.5 Å². The first-order valence-corrected chi connectivity index (χ1v) is 7.99. The zero-order valence-electron chi connectivity index (χ0n) is 9.64. The van der Waals surface area contributed by atoms with E-state index in [1.165, 1.54) is 0 Å². The van der Waals surface area contributed by atoms with Gasteiger partial charge in [-0.15, -0.1) is 0 Å². The van der Waals surface area contributed by atoms with E-state index in [9.17, 15) is 8.42 Å². The number of hydrogen-bond acceptors (Lipinski definition) is 6. The van der Waals surface area contributed by atoms with Gasteiger partial charge in [-0.2, -0.15) is 4.37 Å². The molecule has 0 aromatic carbocycles. The largest absolute Gasteiger partial charge is 0.316 e. The zero-order valence-corrected chi connectivity index (χ0v) is 11.3. The van der Waals surface area contributed by atoms with Gasteiger partial charge in [-0.3, -0.25) is 4.72 Å². The molecule has 0 aliphatic carbocycles. The Hall–Kier alpha value is -0.730. The number of anilines is 1. The highest BCUT2D eigenvalue weighted by Crippen LogP contribution is 2.16. The summed E-state index contributed by atoms with van der Waals surface area (Å²) in [5.41, 5.74) is 0. The molecule has 2 rings (SSSR count). The van der Waals surface area contributed by atoms with Crippen LogP contribution < -0.4 is 10.0 Å². The van der Waals surface area contributed by atoms with Gasteiger partial charge in [0.25, 0.3) is 0 Å². The molecule has 1 atom stereocenters. The molecule has 1 unspecified atom stereocenters. The molecule has 0 saturated carbocycles. The van der Waals surface area contributed by atoms with Gasteiger partial charge in [0.1, 0.15) is 5.82 Å². The van der Waals surface area contributed by atoms with Gasteiger partial charge in [-0.05, 0) is 38.8 Å². The lowest BCUT2D eigenvalue weighted by atomic mass is 10.0. The fraction of sp³-hybridized carbons (Fsp3) is 0.778. The van der Waals surface area contributed by atoms with E-state index in [1.807, 2.05) is 0 Å². The molecular formula is C9H16N4O2S2. The summed E-state index contributed by atoms with van der Waals surface area (Å²) in [5, 5.41) is 3.56. The van der Waals surface area contributed by atoms with Crippen molar-refractivity contribution in [2.75, 3.05) is 23.6 Å². The monoisotopic (exact) mass is 276 g/mol. The molecular weight excluding hydrogens is 260 g/mol. The van der Waals surface area contributed by atoms with Crippen LogP contribution in [0.2, 0.25) is 0 Å². The molecule has 0 bridgehead atoms. The summed E-state index contributed by atoms with van der Waals surface area (Å²) in [6.45, 7) is 3.50. The van der Waals surface area contributed by atoms with Gasteiger partial charge in [0.2, 0.25) is 15.2 Å². The van der Waals surface area contributed by atoms with E-state index in [0.717, 1.165) is 37.5 Å². The van der Waals surface area contributed by atoms with Crippen LogP contribution in [0.4, 0.5) is 5.13 Å². The Morgan fingerprint density at radius 3 is 3.00 bits per heavy atom. The van der Waals surface area contributed by atoms with Crippen LogP contribution in [0, 0.1) is 12.8 Å². The molecule has 0 amide bonds. The Labute approximate surface area is 105 Å². The number of hydrogen-bond donors (Lipinski definition) is 2. The normalized spacial score (nSPS) is 21.4. The van der Waals surface area contributed by atoms with Crippen molar-refractivity contribution in [2.24, 2.45) is 5.92 Å². The lowest BCUT2D eigenvalue weighted by Gasteiger charge is -2.22. The Morgan fingerprint density at radius 1 is 1.59 bits per heavy atom. The Kier molecular flexibility index (Phi) is 3.95. The van der Waals surface area contributed by atoms with Crippen molar-refractivity contribution in [3.8, 4) is 0 Å². The molecule has 1 aliphatic rings. The molecule has 1 aliphatic heterocycles. The summed E-state index contributed by atoms with van der Waals surface area (Å²) >= 11 is 1.07. The number of aryl methyl sites for hydroxylation is 1. The molecule has 6 nitrogen and oxygen atoms in total. The van der Waals surface area contributed by atoms with Crippen LogP contribution in [0.15, 0.2) is 0 Å². The number of nitrogens with zero attached hydrogens (tertiary/aromatic N) is 2. The molecule has 2 N–H and O–H groups in total. The quantitative estimate of drug-likeness (QED) is 0.841. The topological polar surface area (TPSA) is 84.0 Å². The highest BCUT2D eigenvalue weighted by molar-refractivity contribution is 7.92. The average Bonchev–Trinajstić information content (AvgIpc) is 2.63. The number of sulfonamides is 1. The number of nitrogens with one attached hydrogen (secondary N) is 2. The van der Waals surface area contributed by atoms with Crippen molar-refractivity contribution in [2.45, 2.75) is 19.8 Å². The van der Waals surface area contributed by atoms with Crippen molar-refractivity contribution in [3.05, 3.63) is 5.82 Å². The molecule has 2 heterocycles. The van der Waals surface area contributed by atoms with Crippen LogP contribution in [0.3, 0.4) is 0 Å². The number of aromatic nitrogens is 2. The van der Waals surface area contributed by atoms with Crippen molar-refractivity contribution in [1.29, 1.82) is 0 Å². The maximum absolute atomic E-state index is 11.9. The van der Waals surface area contributed by atoms with Crippen molar-refractivity contribution in [3.63, 3.8) is 0 Å². The summed E-state index contributed by atoms with van der Waals surface area (Å²) in [6, 6.07) is 0. The minimum atomic E-state index is -3.30. The molecule has 1 aromatic heterocycles. The van der Waals surface area contributed by atoms with Crippen LogP contribution in [0.25, 0.3) is 0 Å². The zero-order chi connectivity index (χ0) is 12.3. The maximum atomic E-state index is 11.9. The predicted molar refractivity (Wildman–Crippen MR) is 67.6 cm³/mol. The summed E-state index contributed by atoms with van der Waals surface area (Å²) < 4.78 is 30.2. The van der Waals surface area contributed by atoms with E-state index in [1.54, 1.807) is 6.92 Å². The van der Waals surface area contributed by atoms with Crippen molar-refractivity contribution >= 4 is 26.7 Å². The lowest BCUT2D eigenvalue weighted by molar-refractivity contribution is 0.404. The minimum Gasteiger partial charge on any atom is -0.316 e. The van der Waals surface area contributed by atoms with Crippen LogP contribution in [0.1, 0.15) is 18.7 Å². The van der Waals surface area contributed by atoms with Crippen molar-refractivity contribution in [1.82, 2.24) is 14.7 Å². The fourth-order valence-corrected chi connectivity index (χ4v) is 4.15. The lowest BCUT2D eigenvalue weighted by Crippen LogP contribution is -2.35. The molecule has 1 saturated heterocycles. The van der Waals surface area contributed by atoms with E-state index < -0.39 is 10.0 Å². The predicted octanol–water partition coefficient (Wildman–Crippen LogP) is 0.588. The van der Waals surface area contributed by atoms with E-state index in [2.05, 4.69) is 19.4 Å². The highest BCUT2D eigenvalue weighted by Gasteiger charge is 2.22. The molecule has 17 heavy (non-hydrogen) atoms. The first-order valence-electron chi connectivity index (χ1n) is 5.57. The van der Waals surface area contributed by atoms with Gasteiger partial charge in [-0.1, -0.05) is 0 Å². The van der Waals surface area contributed by atoms with Gasteiger partial charge in [-0.25, -0.2) is 13.4 Å². The van der Waals surface area contributed by atoms with Crippen LogP contribution in [0.5, 0.6) is 0 Å². The van der Waals surface area contributed by atoms with E-state index in [0.29, 0.717) is 11.0 Å². The fourth-order valence-electron chi connectivity index (χ4n) is 1.89. The maximum Gasteiger partial charge on any atom is 0.234 e. The molecule has 1 aromatic rings. The van der Waals surface area contributed by atoms with Crippen LogP contribution >= 0.6 is 11.5 Å². The Bertz CT molecular complexity index is 465. The second-order valence-electron chi connectivity index (χ2n) is 4.24. The van der Waals surface area contributed by atoms with Gasteiger partial charge < -0.3 is 5.32 Å². The minimum absolute atomic E-state index is 0.151. The summed E-state index contributed by atoms with van der Waals surface area (Å²) in [4.78, 5) is 3.99. The van der Waals surface area contributed by atoms with E-state index in [-0.39, 0.29) is 11.7 Å². The highest BCUT2D eigenvalue weighted by atomic mass is 32.2. The standard InChI is InChI=1S/C9H16N4O2S2/c1-7-11-9(16-12-7)13-17(14,15)6-8-3-2-4-10-5-8/h8,10H,2-6H2,1H3,(H,11,12,13). The van der Waals surface area contributed by atoms with E-state index >= 15 is 0 Å². The molecule has 1 fully saturated rings. The van der Waals surface area contributed by atoms with Gasteiger partial charge in [0.05, 0.1) is 5.75 Å². The second kappa shape index (κ2) is 5.28. The smallest absolute Gasteiger partial charge is 0.234 e. The summed E-state index contributed by atoms with van der Waals surface area (Å²) in [7, 11) is -3.30. The van der Waals surface area contributed by atoms with Gasteiger partial charge in [0.15, 0.2) is 0 Å². The Morgan fingerprint density at radius 2 is 2.41 bits per heavy atom. The molecule has 8 heteroatoms. The third-order valence-corrected chi connectivity index (χ3v) is 4.89. The Balaban J connectivity index is 1.94. The number of rotatable bonds is 4. The van der Waals surface area contributed by atoms with Crippen LogP contribution in [-0.4, -0.2) is 36.6 Å². The second-order valence-corrected chi connectivity index (χ2v) is 6.76. The third kappa shape index (κ3) is 3.90. The summed E-state index contributed by atoms with van der Waals surface area (Å²) in [5.74, 6) is 0.931. The van der Waals surface area contributed by atoms with E-state index in [4.69, 9.17) is 0 Å². The first kappa shape index (κ1) is 12.7. The summed E-state index contributed by atoms with van der Waals surface area (Å²) in [6.07, 6.45) is 2.00. The SMILES string of the molecule is Cc1nsc(NS(=O)(=O)CC2CCCNC2)n1. The molecule has 96 valence electrons. The number of piperidine rings is 1. The van der Waals surface area contributed by atoms with Crippen molar-refractivity contribution < 1.29 is 8.42 Å². The first-order chi connectivity index (χ1) is 8.05.